The Morgan fingerprint density at radius 1 is 1.29 bits per heavy atom. The second-order valence-corrected chi connectivity index (χ2v) is 6.91. The van der Waals surface area contributed by atoms with E-state index in [9.17, 15) is 8.42 Å². The highest BCUT2D eigenvalue weighted by Crippen LogP contribution is 2.21. The van der Waals surface area contributed by atoms with Crippen molar-refractivity contribution in [3.05, 3.63) is 29.3 Å². The summed E-state index contributed by atoms with van der Waals surface area (Å²) in [6.07, 6.45) is 2.16. The molecule has 1 rings (SSSR count). The molecule has 0 heterocycles. The number of unbranched alkanes of at least 4 members (excludes halogenated alkanes) is 1. The van der Waals surface area contributed by atoms with Gasteiger partial charge in [0.1, 0.15) is 5.75 Å². The Morgan fingerprint density at radius 3 is 2.59 bits per heavy atom. The van der Waals surface area contributed by atoms with E-state index in [1.807, 2.05) is 19.1 Å². The highest BCUT2D eigenvalue weighted by atomic mass is 35.7. The molecule has 0 unspecified atom stereocenters. The predicted octanol–water partition coefficient (Wildman–Crippen LogP) is 2.89. The zero-order valence-corrected chi connectivity index (χ0v) is 11.6. The van der Waals surface area contributed by atoms with Gasteiger partial charge in [-0.25, -0.2) is 8.42 Å². The zero-order chi connectivity index (χ0) is 12.9. The molecule has 0 radical (unpaired) electrons. The molecule has 17 heavy (non-hydrogen) atoms. The van der Waals surface area contributed by atoms with Gasteiger partial charge in [-0.2, -0.15) is 0 Å². The fourth-order valence-corrected chi connectivity index (χ4v) is 2.57. The van der Waals surface area contributed by atoms with Gasteiger partial charge in [0.25, 0.3) is 0 Å². The van der Waals surface area contributed by atoms with Crippen LogP contribution in [-0.2, 0) is 15.5 Å². The van der Waals surface area contributed by atoms with Crippen LogP contribution in [0.4, 0.5) is 0 Å². The van der Waals surface area contributed by atoms with Crippen LogP contribution in [0, 0.1) is 6.92 Å². The quantitative estimate of drug-likeness (QED) is 0.593. The maximum absolute atomic E-state index is 10.8. The Bertz CT molecular complexity index is 469. The minimum Gasteiger partial charge on any atom is -0.496 e. The number of rotatable bonds is 6. The van der Waals surface area contributed by atoms with Crippen molar-refractivity contribution in [3.8, 4) is 5.75 Å². The maximum atomic E-state index is 10.8. The third-order valence-electron chi connectivity index (χ3n) is 2.52. The molecule has 0 atom stereocenters. The van der Waals surface area contributed by atoms with E-state index < -0.39 is 9.05 Å². The average molecular weight is 277 g/mol. The van der Waals surface area contributed by atoms with E-state index in [1.165, 1.54) is 5.56 Å². The van der Waals surface area contributed by atoms with Crippen LogP contribution >= 0.6 is 10.7 Å². The molecule has 0 spiro atoms. The largest absolute Gasteiger partial charge is 0.496 e. The summed E-state index contributed by atoms with van der Waals surface area (Å²) in [5, 5.41) is 0. The third kappa shape index (κ3) is 5.41. The van der Waals surface area contributed by atoms with Crippen LogP contribution in [-0.4, -0.2) is 21.3 Å². The summed E-state index contributed by atoms with van der Waals surface area (Å²) in [7, 11) is 3.42. The van der Waals surface area contributed by atoms with Crippen molar-refractivity contribution in [1.82, 2.24) is 0 Å². The minimum absolute atomic E-state index is 0.0304. The van der Waals surface area contributed by atoms with Crippen molar-refractivity contribution < 1.29 is 13.2 Å². The van der Waals surface area contributed by atoms with Crippen LogP contribution < -0.4 is 4.74 Å². The van der Waals surface area contributed by atoms with Crippen molar-refractivity contribution in [2.24, 2.45) is 0 Å². The van der Waals surface area contributed by atoms with Gasteiger partial charge in [0.05, 0.1) is 12.9 Å². The monoisotopic (exact) mass is 276 g/mol. The number of hydrogen-bond donors (Lipinski definition) is 0. The van der Waals surface area contributed by atoms with E-state index in [2.05, 4.69) is 6.07 Å². The molecule has 0 N–H and O–H groups in total. The number of hydrogen-bond acceptors (Lipinski definition) is 3. The van der Waals surface area contributed by atoms with E-state index in [-0.39, 0.29) is 5.75 Å². The van der Waals surface area contributed by atoms with Crippen LogP contribution in [0.3, 0.4) is 0 Å². The molecule has 0 bridgehead atoms. The predicted molar refractivity (Wildman–Crippen MR) is 70.3 cm³/mol. The summed E-state index contributed by atoms with van der Waals surface area (Å²) in [4.78, 5) is 0. The standard InChI is InChI=1S/C12H17ClO3S/c1-10-6-7-12(16-2)11(9-10)5-3-4-8-17(13,14)15/h6-7,9H,3-5,8H2,1-2H3. The van der Waals surface area contributed by atoms with Gasteiger partial charge in [0.15, 0.2) is 0 Å². The summed E-state index contributed by atoms with van der Waals surface area (Å²) in [6, 6.07) is 5.99. The molecule has 3 nitrogen and oxygen atoms in total. The summed E-state index contributed by atoms with van der Waals surface area (Å²) < 4.78 is 26.8. The number of ether oxygens (including phenoxy) is 1. The summed E-state index contributed by atoms with van der Waals surface area (Å²) >= 11 is 0. The fourth-order valence-electron chi connectivity index (χ4n) is 1.69. The van der Waals surface area contributed by atoms with E-state index in [4.69, 9.17) is 15.4 Å². The highest BCUT2D eigenvalue weighted by Gasteiger charge is 2.06. The molecule has 0 aliphatic rings. The first-order valence-corrected chi connectivity index (χ1v) is 7.96. The molecule has 0 saturated carbocycles. The van der Waals surface area contributed by atoms with E-state index >= 15 is 0 Å². The van der Waals surface area contributed by atoms with Gasteiger partial charge in [-0.1, -0.05) is 17.7 Å². The zero-order valence-electron chi connectivity index (χ0n) is 10.1. The normalized spacial score (nSPS) is 11.5. The lowest BCUT2D eigenvalue weighted by atomic mass is 10.0. The van der Waals surface area contributed by atoms with Gasteiger partial charge < -0.3 is 4.74 Å². The van der Waals surface area contributed by atoms with Crippen LogP contribution in [0.25, 0.3) is 0 Å². The van der Waals surface area contributed by atoms with E-state index in [0.29, 0.717) is 6.42 Å². The molecule has 0 saturated heterocycles. The molecule has 0 aliphatic heterocycles. The first kappa shape index (κ1) is 14.3. The molecule has 0 amide bonds. The van der Waals surface area contributed by atoms with Crippen molar-refractivity contribution in [2.45, 2.75) is 26.2 Å². The summed E-state index contributed by atoms with van der Waals surface area (Å²) in [5.74, 6) is 0.882. The Kier molecular flexibility index (Phi) is 5.28. The van der Waals surface area contributed by atoms with Crippen molar-refractivity contribution >= 4 is 19.7 Å². The average Bonchev–Trinajstić information content (AvgIpc) is 2.23. The highest BCUT2D eigenvalue weighted by molar-refractivity contribution is 8.13. The maximum Gasteiger partial charge on any atom is 0.232 e. The minimum atomic E-state index is -3.36. The lowest BCUT2D eigenvalue weighted by molar-refractivity contribution is 0.409. The first-order chi connectivity index (χ1) is 7.92. The van der Waals surface area contributed by atoms with Crippen LogP contribution in [0.1, 0.15) is 24.0 Å². The first-order valence-electron chi connectivity index (χ1n) is 5.48. The lowest BCUT2D eigenvalue weighted by Crippen LogP contribution is -1.99. The molecule has 0 fully saturated rings. The van der Waals surface area contributed by atoms with Gasteiger partial charge >= 0.3 is 0 Å². The van der Waals surface area contributed by atoms with Crippen molar-refractivity contribution in [2.75, 3.05) is 12.9 Å². The van der Waals surface area contributed by atoms with Gasteiger partial charge in [-0.15, -0.1) is 0 Å². The second-order valence-electron chi connectivity index (χ2n) is 4.02. The number of benzene rings is 1. The second kappa shape index (κ2) is 6.26. The molecule has 1 aromatic carbocycles. The Morgan fingerprint density at radius 2 is 2.00 bits per heavy atom. The Hall–Kier alpha value is -0.740. The third-order valence-corrected chi connectivity index (χ3v) is 3.76. The molecule has 0 aromatic heterocycles. The van der Waals surface area contributed by atoms with Gasteiger partial charge in [0, 0.05) is 10.7 Å². The molecule has 5 heteroatoms. The summed E-state index contributed by atoms with van der Waals surface area (Å²) in [6.45, 7) is 2.02. The van der Waals surface area contributed by atoms with E-state index in [1.54, 1.807) is 7.11 Å². The van der Waals surface area contributed by atoms with Gasteiger partial charge in [-0.05, 0) is 37.8 Å². The summed E-state index contributed by atoms with van der Waals surface area (Å²) in [5.41, 5.74) is 2.28. The molecule has 1 aromatic rings. The van der Waals surface area contributed by atoms with Crippen LogP contribution in [0.5, 0.6) is 5.75 Å². The van der Waals surface area contributed by atoms with Gasteiger partial charge in [-0.3, -0.25) is 0 Å². The van der Waals surface area contributed by atoms with Gasteiger partial charge in [0.2, 0.25) is 9.05 Å². The molecule has 0 aliphatic carbocycles. The fraction of sp³-hybridized carbons (Fsp3) is 0.500. The topological polar surface area (TPSA) is 43.4 Å². The molecular formula is C12H17ClO3S. The Balaban J connectivity index is 2.54. The number of methoxy groups -OCH3 is 1. The van der Waals surface area contributed by atoms with E-state index in [0.717, 1.165) is 24.2 Å². The lowest BCUT2D eigenvalue weighted by Gasteiger charge is -2.09. The van der Waals surface area contributed by atoms with Crippen molar-refractivity contribution in [1.29, 1.82) is 0 Å². The SMILES string of the molecule is COc1ccc(C)cc1CCCCS(=O)(=O)Cl. The number of aryl methyl sites for hydroxylation is 2. The Labute approximate surface area is 107 Å². The van der Waals surface area contributed by atoms with Crippen LogP contribution in [0.15, 0.2) is 18.2 Å². The molecule has 96 valence electrons. The smallest absolute Gasteiger partial charge is 0.232 e. The van der Waals surface area contributed by atoms with Crippen LogP contribution in [0.2, 0.25) is 0 Å². The molecular weight excluding hydrogens is 260 g/mol. The van der Waals surface area contributed by atoms with Crippen molar-refractivity contribution in [3.63, 3.8) is 0 Å². The number of halogens is 1.